The maximum Gasteiger partial charge on any atom is 0.280 e. The number of nitrogens with zero attached hydrogens (tertiary/aromatic N) is 2. The van der Waals surface area contributed by atoms with Crippen LogP contribution in [0, 0.1) is 6.92 Å². The number of fused-ring (bicyclic) bond motifs is 1. The van der Waals surface area contributed by atoms with E-state index < -0.39 is 5.91 Å². The summed E-state index contributed by atoms with van der Waals surface area (Å²) in [5.41, 5.74) is 13.8. The van der Waals surface area contributed by atoms with Gasteiger partial charge in [-0.15, -0.1) is 0 Å². The second-order valence-corrected chi connectivity index (χ2v) is 5.25. The molecule has 1 heterocycles. The van der Waals surface area contributed by atoms with Crippen molar-refractivity contribution < 1.29 is 4.79 Å². The molecule has 0 radical (unpaired) electrons. The molecular weight excluding hydrogens is 288 g/mol. The van der Waals surface area contributed by atoms with Gasteiger partial charge in [0.2, 0.25) is 0 Å². The number of pyridine rings is 1. The van der Waals surface area contributed by atoms with Crippen molar-refractivity contribution in [3.8, 4) is 11.3 Å². The van der Waals surface area contributed by atoms with E-state index in [0.29, 0.717) is 5.56 Å². The first-order valence-corrected chi connectivity index (χ1v) is 7.15. The summed E-state index contributed by atoms with van der Waals surface area (Å²) in [4.78, 5) is 20.2. The zero-order valence-corrected chi connectivity index (χ0v) is 12.7. The van der Waals surface area contributed by atoms with Gasteiger partial charge in [-0.05, 0) is 42.0 Å². The van der Waals surface area contributed by atoms with Crippen molar-refractivity contribution >= 4 is 22.6 Å². The molecule has 0 spiro atoms. The van der Waals surface area contributed by atoms with Gasteiger partial charge in [0.05, 0.1) is 5.69 Å². The van der Waals surface area contributed by atoms with Crippen LogP contribution in [0.5, 0.6) is 0 Å². The average Bonchev–Trinajstić information content (AvgIpc) is 2.53. The van der Waals surface area contributed by atoms with Crippen molar-refractivity contribution in [3.05, 3.63) is 65.9 Å². The Labute approximate surface area is 133 Å². The smallest absolute Gasteiger partial charge is 0.280 e. The number of benzene rings is 2. The van der Waals surface area contributed by atoms with Crippen LogP contribution in [0.4, 0.5) is 0 Å². The van der Waals surface area contributed by atoms with E-state index >= 15 is 0 Å². The molecule has 0 aliphatic heterocycles. The number of aliphatic imine (C=N–C) groups is 1. The predicted octanol–water partition coefficient (Wildman–Crippen LogP) is 2.62. The van der Waals surface area contributed by atoms with Crippen molar-refractivity contribution in [2.45, 2.75) is 6.92 Å². The van der Waals surface area contributed by atoms with E-state index in [9.17, 15) is 4.79 Å². The van der Waals surface area contributed by atoms with Crippen molar-refractivity contribution in [2.75, 3.05) is 0 Å². The Hall–Kier alpha value is -3.21. The molecule has 0 saturated heterocycles. The lowest BCUT2D eigenvalue weighted by molar-refractivity contribution is 0.100. The van der Waals surface area contributed by atoms with Gasteiger partial charge < -0.3 is 11.5 Å². The Morgan fingerprint density at radius 3 is 2.57 bits per heavy atom. The molecule has 4 N–H and O–H groups in total. The third-order valence-corrected chi connectivity index (χ3v) is 3.52. The van der Waals surface area contributed by atoms with Crippen LogP contribution >= 0.6 is 0 Å². The summed E-state index contributed by atoms with van der Waals surface area (Å²) in [7, 11) is 0. The van der Waals surface area contributed by atoms with Gasteiger partial charge in [0.25, 0.3) is 5.91 Å². The van der Waals surface area contributed by atoms with E-state index in [1.54, 1.807) is 12.1 Å². The molecule has 1 amide bonds. The van der Waals surface area contributed by atoms with E-state index in [4.69, 9.17) is 11.5 Å². The molecule has 3 aromatic rings. The van der Waals surface area contributed by atoms with Gasteiger partial charge >= 0.3 is 0 Å². The maximum atomic E-state index is 12.0. The van der Waals surface area contributed by atoms with Crippen LogP contribution < -0.4 is 11.5 Å². The summed E-state index contributed by atoms with van der Waals surface area (Å²) >= 11 is 0. The van der Waals surface area contributed by atoms with E-state index in [-0.39, 0.29) is 5.96 Å². The number of hydrogen-bond acceptors (Lipinski definition) is 2. The number of nitrogens with two attached hydrogens (primary N) is 2. The third-order valence-electron chi connectivity index (χ3n) is 3.52. The molecule has 114 valence electrons. The van der Waals surface area contributed by atoms with Crippen molar-refractivity contribution in [1.82, 2.24) is 4.98 Å². The van der Waals surface area contributed by atoms with Gasteiger partial charge in [-0.25, -0.2) is 0 Å². The lowest BCUT2D eigenvalue weighted by Gasteiger charge is -2.08. The van der Waals surface area contributed by atoms with Crippen molar-refractivity contribution in [3.63, 3.8) is 0 Å². The molecule has 5 nitrogen and oxygen atoms in total. The zero-order chi connectivity index (χ0) is 16.4. The Morgan fingerprint density at radius 2 is 1.83 bits per heavy atom. The topological polar surface area (TPSA) is 94.4 Å². The Kier molecular flexibility index (Phi) is 3.76. The van der Waals surface area contributed by atoms with Crippen LogP contribution in [0.15, 0.2) is 59.6 Å². The van der Waals surface area contributed by atoms with Gasteiger partial charge in [-0.2, -0.15) is 4.99 Å². The molecule has 23 heavy (non-hydrogen) atoms. The third kappa shape index (κ3) is 3.03. The second-order valence-electron chi connectivity index (χ2n) is 5.25. The first-order chi connectivity index (χ1) is 11.0. The molecule has 0 fully saturated rings. The summed E-state index contributed by atoms with van der Waals surface area (Å²) in [5.74, 6) is -0.706. The van der Waals surface area contributed by atoms with Crippen LogP contribution in [-0.2, 0) is 0 Å². The summed E-state index contributed by atoms with van der Waals surface area (Å²) in [6.45, 7) is 1.95. The van der Waals surface area contributed by atoms with Crippen LogP contribution in [0.25, 0.3) is 22.0 Å². The monoisotopic (exact) mass is 304 g/mol. The number of amides is 1. The standard InChI is InChI=1S/C18H16N4O/c1-11-4-2-7-16(21-11)14-6-3-5-12-8-9-13(10-15(12)14)17(23)22-18(19)20/h2-10H,1H3,(H4,19,20,22,23). The summed E-state index contributed by atoms with van der Waals surface area (Å²) in [6, 6.07) is 17.2. The minimum Gasteiger partial charge on any atom is -0.370 e. The average molecular weight is 304 g/mol. The normalized spacial score (nSPS) is 10.5. The van der Waals surface area contributed by atoms with Crippen LogP contribution in [0.2, 0.25) is 0 Å². The number of hydrogen-bond donors (Lipinski definition) is 2. The van der Waals surface area contributed by atoms with Crippen LogP contribution in [0.1, 0.15) is 16.1 Å². The highest BCUT2D eigenvalue weighted by Crippen LogP contribution is 2.28. The van der Waals surface area contributed by atoms with Crippen LogP contribution in [-0.4, -0.2) is 16.9 Å². The number of carbonyl (C=O) groups excluding carboxylic acids is 1. The lowest BCUT2D eigenvalue weighted by Crippen LogP contribution is -2.24. The molecular formula is C18H16N4O. The number of aryl methyl sites for hydroxylation is 1. The molecule has 0 saturated carbocycles. The molecule has 1 aromatic heterocycles. The molecule has 2 aromatic carbocycles. The number of rotatable bonds is 2. The predicted molar refractivity (Wildman–Crippen MR) is 92.1 cm³/mol. The largest absolute Gasteiger partial charge is 0.370 e. The fourth-order valence-corrected chi connectivity index (χ4v) is 2.50. The molecule has 0 atom stereocenters. The lowest BCUT2D eigenvalue weighted by atomic mass is 9.99. The molecule has 3 rings (SSSR count). The minimum atomic E-state index is -0.459. The van der Waals surface area contributed by atoms with Gasteiger partial charge in [-0.1, -0.05) is 30.3 Å². The Morgan fingerprint density at radius 1 is 1.04 bits per heavy atom. The highest BCUT2D eigenvalue weighted by atomic mass is 16.1. The molecule has 0 aliphatic carbocycles. The second kappa shape index (κ2) is 5.88. The SMILES string of the molecule is Cc1cccc(-c2cccc3ccc(C(=O)N=C(N)N)cc23)n1. The number of guanidine groups is 1. The minimum absolute atomic E-state index is 0.247. The summed E-state index contributed by atoms with van der Waals surface area (Å²) in [5, 5.41) is 1.95. The molecule has 0 aliphatic rings. The van der Waals surface area contributed by atoms with Gasteiger partial charge in [0, 0.05) is 16.8 Å². The molecule has 0 bridgehead atoms. The van der Waals surface area contributed by atoms with E-state index in [0.717, 1.165) is 27.7 Å². The molecule has 5 heteroatoms. The first-order valence-electron chi connectivity index (χ1n) is 7.15. The Balaban J connectivity index is 2.19. The fourth-order valence-electron chi connectivity index (χ4n) is 2.50. The highest BCUT2D eigenvalue weighted by Gasteiger charge is 2.10. The van der Waals surface area contributed by atoms with Gasteiger partial charge in [0.1, 0.15) is 0 Å². The maximum absolute atomic E-state index is 12.0. The summed E-state index contributed by atoms with van der Waals surface area (Å²) < 4.78 is 0. The van der Waals surface area contributed by atoms with E-state index in [1.165, 1.54) is 0 Å². The zero-order valence-electron chi connectivity index (χ0n) is 12.7. The fraction of sp³-hybridized carbons (Fsp3) is 0.0556. The van der Waals surface area contributed by atoms with Gasteiger partial charge in [-0.3, -0.25) is 9.78 Å². The van der Waals surface area contributed by atoms with Crippen molar-refractivity contribution in [1.29, 1.82) is 0 Å². The quantitative estimate of drug-likeness (QED) is 0.562. The highest BCUT2D eigenvalue weighted by molar-refractivity contribution is 6.06. The number of carbonyl (C=O) groups is 1. The molecule has 0 unspecified atom stereocenters. The van der Waals surface area contributed by atoms with Gasteiger partial charge in [0.15, 0.2) is 5.96 Å². The van der Waals surface area contributed by atoms with Crippen LogP contribution in [0.3, 0.4) is 0 Å². The van der Waals surface area contributed by atoms with E-state index in [1.807, 2.05) is 49.4 Å². The summed E-state index contributed by atoms with van der Waals surface area (Å²) in [6.07, 6.45) is 0. The Bertz CT molecular complexity index is 927. The van der Waals surface area contributed by atoms with E-state index in [2.05, 4.69) is 9.98 Å². The first kappa shape index (κ1) is 14.7. The number of aromatic nitrogens is 1. The van der Waals surface area contributed by atoms with Crippen molar-refractivity contribution in [2.24, 2.45) is 16.5 Å².